The van der Waals surface area contributed by atoms with E-state index in [4.69, 9.17) is 11.6 Å². The van der Waals surface area contributed by atoms with Crippen LogP contribution in [0.5, 0.6) is 0 Å². The minimum absolute atomic E-state index is 0.257. The molecule has 0 saturated heterocycles. The third kappa shape index (κ3) is 3.06. The van der Waals surface area contributed by atoms with Crippen molar-refractivity contribution < 1.29 is 4.79 Å². The lowest BCUT2D eigenvalue weighted by atomic mass is 10.2. The van der Waals surface area contributed by atoms with Gasteiger partial charge in [0.1, 0.15) is 10.8 Å². The second-order valence-corrected chi connectivity index (χ2v) is 5.60. The zero-order valence-electron chi connectivity index (χ0n) is 10.8. The molecule has 0 aliphatic carbocycles. The van der Waals surface area contributed by atoms with Crippen LogP contribution >= 0.6 is 27.5 Å². The number of halogens is 2. The maximum atomic E-state index is 12.1. The van der Waals surface area contributed by atoms with E-state index in [-0.39, 0.29) is 5.91 Å². The van der Waals surface area contributed by atoms with E-state index in [1.54, 1.807) is 18.3 Å². The molecular weight excluding hydrogens is 356 g/mol. The van der Waals surface area contributed by atoms with Crippen LogP contribution in [0.15, 0.2) is 47.1 Å². The highest BCUT2D eigenvalue weighted by Crippen LogP contribution is 2.15. The van der Waals surface area contributed by atoms with E-state index < -0.39 is 0 Å². The van der Waals surface area contributed by atoms with Crippen molar-refractivity contribution >= 4 is 39.1 Å². The fraction of sp³-hybridized carbons (Fsp3) is 0.0714. The van der Waals surface area contributed by atoms with Crippen LogP contribution in [-0.2, 0) is 6.54 Å². The van der Waals surface area contributed by atoms with Gasteiger partial charge in [-0.2, -0.15) is 5.10 Å². The molecule has 0 unspecified atom stereocenters. The summed E-state index contributed by atoms with van der Waals surface area (Å²) in [6.45, 7) is 0.419. The Bertz CT molecular complexity index is 818. The molecule has 106 valence electrons. The molecule has 0 bridgehead atoms. The fourth-order valence-corrected chi connectivity index (χ4v) is 2.45. The monoisotopic (exact) mass is 364 g/mol. The van der Waals surface area contributed by atoms with Crippen molar-refractivity contribution in [3.63, 3.8) is 0 Å². The van der Waals surface area contributed by atoms with Crippen molar-refractivity contribution in [2.45, 2.75) is 6.54 Å². The maximum absolute atomic E-state index is 12.1. The number of nitrogens with zero attached hydrogens (tertiary/aromatic N) is 3. The quantitative estimate of drug-likeness (QED) is 0.776. The molecule has 0 radical (unpaired) electrons. The lowest BCUT2D eigenvalue weighted by Gasteiger charge is -2.05. The average Bonchev–Trinajstić information content (AvgIpc) is 2.89. The Morgan fingerprint density at radius 3 is 2.90 bits per heavy atom. The van der Waals surface area contributed by atoms with E-state index in [0.29, 0.717) is 23.0 Å². The highest BCUT2D eigenvalue weighted by Gasteiger charge is 2.11. The number of hydrogen-bond acceptors (Lipinski definition) is 3. The molecule has 0 aliphatic heterocycles. The van der Waals surface area contributed by atoms with Crippen LogP contribution in [0.3, 0.4) is 0 Å². The SMILES string of the molecule is O=C(NCc1ccccc1Br)c1cn2nc(Cl)ccc2n1. The van der Waals surface area contributed by atoms with Gasteiger partial charge in [0.15, 0.2) is 5.65 Å². The summed E-state index contributed by atoms with van der Waals surface area (Å²) in [5.41, 5.74) is 1.87. The van der Waals surface area contributed by atoms with Crippen LogP contribution in [0.2, 0.25) is 5.15 Å². The Labute approximate surface area is 134 Å². The van der Waals surface area contributed by atoms with Gasteiger partial charge in [-0.1, -0.05) is 45.7 Å². The van der Waals surface area contributed by atoms with Crippen molar-refractivity contribution in [2.75, 3.05) is 0 Å². The molecule has 0 fully saturated rings. The van der Waals surface area contributed by atoms with Gasteiger partial charge in [0.2, 0.25) is 0 Å². The Morgan fingerprint density at radius 1 is 1.29 bits per heavy atom. The van der Waals surface area contributed by atoms with Crippen LogP contribution in [0.4, 0.5) is 0 Å². The van der Waals surface area contributed by atoms with Crippen molar-refractivity contribution in [3.05, 3.63) is 63.5 Å². The smallest absolute Gasteiger partial charge is 0.271 e. The Kier molecular flexibility index (Phi) is 3.90. The zero-order valence-corrected chi connectivity index (χ0v) is 13.1. The zero-order chi connectivity index (χ0) is 14.8. The summed E-state index contributed by atoms with van der Waals surface area (Å²) in [7, 11) is 0. The summed E-state index contributed by atoms with van der Waals surface area (Å²) in [5.74, 6) is -0.257. The highest BCUT2D eigenvalue weighted by molar-refractivity contribution is 9.10. The maximum Gasteiger partial charge on any atom is 0.271 e. The number of aromatic nitrogens is 3. The number of carbonyl (C=O) groups is 1. The van der Waals surface area contributed by atoms with Gasteiger partial charge in [0, 0.05) is 11.0 Å². The molecule has 3 aromatic rings. The molecule has 21 heavy (non-hydrogen) atoms. The number of carbonyl (C=O) groups excluding carboxylic acids is 1. The molecule has 0 spiro atoms. The molecular formula is C14H10BrClN4O. The van der Waals surface area contributed by atoms with Gasteiger partial charge >= 0.3 is 0 Å². The normalized spacial score (nSPS) is 10.8. The summed E-state index contributed by atoms with van der Waals surface area (Å²) in [4.78, 5) is 16.3. The number of imidazole rings is 1. The van der Waals surface area contributed by atoms with E-state index >= 15 is 0 Å². The van der Waals surface area contributed by atoms with E-state index in [0.717, 1.165) is 10.0 Å². The minimum atomic E-state index is -0.257. The molecule has 0 atom stereocenters. The van der Waals surface area contributed by atoms with E-state index in [1.165, 1.54) is 4.52 Å². The molecule has 5 nitrogen and oxygen atoms in total. The van der Waals surface area contributed by atoms with E-state index in [2.05, 4.69) is 31.3 Å². The van der Waals surface area contributed by atoms with Gasteiger partial charge in [0.05, 0.1) is 6.20 Å². The number of nitrogens with one attached hydrogen (secondary N) is 1. The van der Waals surface area contributed by atoms with Gasteiger partial charge in [0.25, 0.3) is 5.91 Å². The first kappa shape index (κ1) is 14.0. The van der Waals surface area contributed by atoms with E-state index in [9.17, 15) is 4.79 Å². The van der Waals surface area contributed by atoms with Gasteiger partial charge in [-0.3, -0.25) is 4.79 Å². The Hall–Kier alpha value is -1.92. The molecule has 2 heterocycles. The average molecular weight is 366 g/mol. The van der Waals surface area contributed by atoms with Crippen molar-refractivity contribution in [1.29, 1.82) is 0 Å². The second kappa shape index (κ2) is 5.83. The van der Waals surface area contributed by atoms with Crippen LogP contribution in [0.25, 0.3) is 5.65 Å². The molecule has 1 amide bonds. The number of benzene rings is 1. The number of hydrogen-bond donors (Lipinski definition) is 1. The first-order chi connectivity index (χ1) is 10.1. The second-order valence-electron chi connectivity index (χ2n) is 4.36. The predicted molar refractivity (Wildman–Crippen MR) is 83.3 cm³/mol. The summed E-state index contributed by atoms with van der Waals surface area (Å²) in [5, 5.41) is 7.22. The van der Waals surface area contributed by atoms with Gasteiger partial charge in [-0.15, -0.1) is 0 Å². The van der Waals surface area contributed by atoms with Crippen molar-refractivity contribution in [3.8, 4) is 0 Å². The third-order valence-electron chi connectivity index (χ3n) is 2.92. The molecule has 1 N–H and O–H groups in total. The molecule has 0 aliphatic rings. The van der Waals surface area contributed by atoms with Crippen molar-refractivity contribution in [1.82, 2.24) is 19.9 Å². The summed E-state index contributed by atoms with van der Waals surface area (Å²) >= 11 is 9.24. The summed E-state index contributed by atoms with van der Waals surface area (Å²) < 4.78 is 2.43. The lowest BCUT2D eigenvalue weighted by molar-refractivity contribution is 0.0946. The number of rotatable bonds is 3. The topological polar surface area (TPSA) is 59.3 Å². The fourth-order valence-electron chi connectivity index (χ4n) is 1.88. The molecule has 3 rings (SSSR count). The van der Waals surface area contributed by atoms with Crippen molar-refractivity contribution in [2.24, 2.45) is 0 Å². The van der Waals surface area contributed by atoms with Crippen LogP contribution in [0, 0.1) is 0 Å². The first-order valence-electron chi connectivity index (χ1n) is 6.17. The van der Waals surface area contributed by atoms with Crippen LogP contribution < -0.4 is 5.32 Å². The minimum Gasteiger partial charge on any atom is -0.347 e. The molecule has 0 saturated carbocycles. The molecule has 1 aromatic carbocycles. The standard InChI is InChI=1S/C14H10BrClN4O/c15-10-4-2-1-3-9(10)7-17-14(21)11-8-20-13(18-11)6-5-12(16)19-20/h1-6,8H,7H2,(H,17,21). The van der Waals surface area contributed by atoms with Gasteiger partial charge < -0.3 is 5.32 Å². The third-order valence-corrected chi connectivity index (χ3v) is 3.89. The molecule has 7 heteroatoms. The lowest BCUT2D eigenvalue weighted by Crippen LogP contribution is -2.23. The largest absolute Gasteiger partial charge is 0.347 e. The first-order valence-corrected chi connectivity index (χ1v) is 7.34. The Balaban J connectivity index is 1.76. The van der Waals surface area contributed by atoms with E-state index in [1.807, 2.05) is 24.3 Å². The molecule has 2 aromatic heterocycles. The van der Waals surface area contributed by atoms with Crippen LogP contribution in [-0.4, -0.2) is 20.5 Å². The summed E-state index contributed by atoms with van der Waals surface area (Å²) in [6.07, 6.45) is 1.55. The van der Waals surface area contributed by atoms with Gasteiger partial charge in [-0.25, -0.2) is 9.50 Å². The summed E-state index contributed by atoms with van der Waals surface area (Å²) in [6, 6.07) is 11.1. The van der Waals surface area contributed by atoms with Gasteiger partial charge in [-0.05, 0) is 23.8 Å². The Morgan fingerprint density at radius 2 is 2.10 bits per heavy atom. The van der Waals surface area contributed by atoms with Crippen LogP contribution in [0.1, 0.15) is 16.1 Å². The predicted octanol–water partition coefficient (Wildman–Crippen LogP) is 3.08. The number of fused-ring (bicyclic) bond motifs is 1. The number of amides is 1. The highest BCUT2D eigenvalue weighted by atomic mass is 79.9.